The van der Waals surface area contributed by atoms with Gasteiger partial charge in [-0.05, 0) is 41.6 Å². The Morgan fingerprint density at radius 2 is 1.93 bits per heavy atom. The normalized spacial score (nSPS) is 21.6. The van der Waals surface area contributed by atoms with E-state index in [1.165, 1.54) is 29.8 Å². The number of nitrogens with zero attached hydrogens (tertiary/aromatic N) is 2. The number of halogens is 2. The highest BCUT2D eigenvalue weighted by Crippen LogP contribution is 2.50. The third kappa shape index (κ3) is 1.41. The summed E-state index contributed by atoms with van der Waals surface area (Å²) in [4.78, 5) is 0. The molecule has 1 heterocycles. The van der Waals surface area contributed by atoms with Crippen molar-refractivity contribution in [3.63, 3.8) is 0 Å². The second-order valence-electron chi connectivity index (χ2n) is 4.07. The Balaban J connectivity index is 2.05. The minimum Gasteiger partial charge on any atom is -0.179 e. The number of hydrogen-bond donors (Lipinski definition) is 0. The Labute approximate surface area is 94.8 Å². The molecule has 0 bridgehead atoms. The highest BCUT2D eigenvalue weighted by molar-refractivity contribution is 9.10. The predicted octanol–water partition coefficient (Wildman–Crippen LogP) is 3.78. The Bertz CT molecular complexity index is 371. The minimum atomic E-state index is 0.219. The molecule has 0 spiro atoms. The van der Waals surface area contributed by atoms with Crippen molar-refractivity contribution in [1.29, 1.82) is 0 Å². The van der Waals surface area contributed by atoms with Crippen LogP contribution < -0.4 is 0 Å². The molecule has 1 aromatic rings. The second kappa shape index (κ2) is 3.23. The molecule has 1 aromatic heterocycles. The fourth-order valence-corrected chi connectivity index (χ4v) is 3.22. The van der Waals surface area contributed by atoms with Crippen LogP contribution in [0.2, 0.25) is 0 Å². The van der Waals surface area contributed by atoms with Crippen LogP contribution in [0.4, 0.5) is 3.89 Å². The number of hydrogen-bond acceptors (Lipinski definition) is 2. The molecule has 0 radical (unpaired) electrons. The van der Waals surface area contributed by atoms with E-state index >= 15 is 0 Å². The molecule has 0 amide bonds. The molecule has 0 unspecified atom stereocenters. The third-order valence-corrected chi connectivity index (χ3v) is 4.07. The maximum absolute atomic E-state index is 12.6. The Morgan fingerprint density at radius 1 is 1.29 bits per heavy atom. The second-order valence-corrected chi connectivity index (χ2v) is 5.35. The van der Waals surface area contributed by atoms with Crippen molar-refractivity contribution in [2.75, 3.05) is 0 Å². The Hall–Kier alpha value is -0.0300. The van der Waals surface area contributed by atoms with E-state index in [1.54, 1.807) is 0 Å². The van der Waals surface area contributed by atoms with Crippen molar-refractivity contribution in [1.82, 2.24) is 9.19 Å². The Kier molecular flexibility index (Phi) is 2.13. The SMILES string of the molecule is FSn1nc(C2CC2)c(Br)c1C1CC1. The third-order valence-electron chi connectivity index (χ3n) is 2.85. The molecule has 0 aromatic carbocycles. The van der Waals surface area contributed by atoms with E-state index in [4.69, 9.17) is 0 Å². The minimum absolute atomic E-state index is 0.219. The van der Waals surface area contributed by atoms with E-state index in [-0.39, 0.29) is 12.3 Å². The predicted molar refractivity (Wildman–Crippen MR) is 58.0 cm³/mol. The van der Waals surface area contributed by atoms with Gasteiger partial charge in [0.25, 0.3) is 0 Å². The van der Waals surface area contributed by atoms with Crippen LogP contribution in [-0.4, -0.2) is 9.19 Å². The smallest absolute Gasteiger partial charge is 0.179 e. The topological polar surface area (TPSA) is 17.8 Å². The molecular weight excluding hydrogens is 267 g/mol. The molecular formula is C9H10BrFN2S. The fraction of sp³-hybridized carbons (Fsp3) is 0.667. The van der Waals surface area contributed by atoms with Crippen LogP contribution in [0.15, 0.2) is 4.47 Å². The van der Waals surface area contributed by atoms with Gasteiger partial charge in [0.2, 0.25) is 0 Å². The highest BCUT2D eigenvalue weighted by Gasteiger charge is 2.36. The summed E-state index contributed by atoms with van der Waals surface area (Å²) in [5.41, 5.74) is 2.12. The lowest BCUT2D eigenvalue weighted by Crippen LogP contribution is -1.92. The molecule has 0 aliphatic heterocycles. The lowest BCUT2D eigenvalue weighted by molar-refractivity contribution is 0.824. The Morgan fingerprint density at radius 3 is 2.43 bits per heavy atom. The van der Waals surface area contributed by atoms with E-state index in [9.17, 15) is 3.89 Å². The highest BCUT2D eigenvalue weighted by atomic mass is 79.9. The van der Waals surface area contributed by atoms with E-state index in [0.717, 1.165) is 15.9 Å². The largest absolute Gasteiger partial charge is 0.187 e. The van der Waals surface area contributed by atoms with Crippen molar-refractivity contribution in [2.45, 2.75) is 37.5 Å². The quantitative estimate of drug-likeness (QED) is 0.836. The summed E-state index contributed by atoms with van der Waals surface area (Å²) < 4.78 is 15.2. The van der Waals surface area contributed by atoms with Gasteiger partial charge in [-0.1, -0.05) is 0 Å². The average molecular weight is 277 g/mol. The van der Waals surface area contributed by atoms with Crippen LogP contribution in [-0.2, 0) is 0 Å². The molecule has 0 N–H and O–H groups in total. The van der Waals surface area contributed by atoms with Crippen LogP contribution in [0, 0.1) is 0 Å². The molecule has 3 rings (SSSR count). The molecule has 0 atom stereocenters. The maximum atomic E-state index is 12.6. The molecule has 5 heteroatoms. The molecule has 2 saturated carbocycles. The molecule has 76 valence electrons. The van der Waals surface area contributed by atoms with Gasteiger partial charge >= 0.3 is 0 Å². The van der Waals surface area contributed by atoms with Crippen molar-refractivity contribution < 1.29 is 3.89 Å². The van der Waals surface area contributed by atoms with Gasteiger partial charge in [0.1, 0.15) is 0 Å². The van der Waals surface area contributed by atoms with Crippen molar-refractivity contribution in [3.8, 4) is 0 Å². The van der Waals surface area contributed by atoms with Crippen LogP contribution >= 0.6 is 28.3 Å². The van der Waals surface area contributed by atoms with Gasteiger partial charge in [0.05, 0.1) is 15.9 Å². The first-order chi connectivity index (χ1) is 6.81. The summed E-state index contributed by atoms with van der Waals surface area (Å²) in [6.07, 6.45) is 4.76. The zero-order valence-electron chi connectivity index (χ0n) is 7.54. The lowest BCUT2D eigenvalue weighted by Gasteiger charge is -1.97. The molecule has 2 fully saturated rings. The molecule has 2 aliphatic rings. The summed E-state index contributed by atoms with van der Waals surface area (Å²) in [6, 6.07) is 0. The van der Waals surface area contributed by atoms with Gasteiger partial charge in [0.15, 0.2) is 12.3 Å². The van der Waals surface area contributed by atoms with Gasteiger partial charge in [-0.2, -0.15) is 9.19 Å². The summed E-state index contributed by atoms with van der Waals surface area (Å²) in [7, 11) is 0. The van der Waals surface area contributed by atoms with Crippen LogP contribution in [0.1, 0.15) is 48.9 Å². The van der Waals surface area contributed by atoms with Gasteiger partial charge in [-0.25, -0.2) is 0 Å². The van der Waals surface area contributed by atoms with Gasteiger partial charge in [0, 0.05) is 11.8 Å². The first-order valence-electron chi connectivity index (χ1n) is 4.88. The zero-order chi connectivity index (χ0) is 9.71. The van der Waals surface area contributed by atoms with Crippen molar-refractivity contribution >= 4 is 28.3 Å². The van der Waals surface area contributed by atoms with Gasteiger partial charge < -0.3 is 0 Å². The molecule has 2 nitrogen and oxygen atoms in total. The summed E-state index contributed by atoms with van der Waals surface area (Å²) in [6.45, 7) is 0. The number of aromatic nitrogens is 2. The van der Waals surface area contributed by atoms with Gasteiger partial charge in [-0.15, -0.1) is 3.89 Å². The van der Waals surface area contributed by atoms with Gasteiger partial charge in [-0.3, -0.25) is 0 Å². The van der Waals surface area contributed by atoms with Crippen molar-refractivity contribution in [3.05, 3.63) is 15.9 Å². The standard InChI is InChI=1S/C9H10BrFN2S/c10-7-8(5-1-2-5)12-13(14-11)9(7)6-3-4-6/h5-6H,1-4H2. The monoisotopic (exact) mass is 276 g/mol. The summed E-state index contributed by atoms with van der Waals surface area (Å²) in [5.74, 6) is 1.11. The van der Waals surface area contributed by atoms with E-state index in [0.29, 0.717) is 11.8 Å². The first kappa shape index (κ1) is 9.21. The molecule has 2 aliphatic carbocycles. The average Bonchev–Trinajstić information content (AvgIpc) is 3.05. The zero-order valence-corrected chi connectivity index (χ0v) is 9.94. The van der Waals surface area contributed by atoms with E-state index < -0.39 is 0 Å². The van der Waals surface area contributed by atoms with Crippen molar-refractivity contribution in [2.24, 2.45) is 0 Å². The lowest BCUT2D eigenvalue weighted by atomic mass is 10.2. The maximum Gasteiger partial charge on any atom is 0.187 e. The molecule has 14 heavy (non-hydrogen) atoms. The molecule has 0 saturated heterocycles. The van der Waals surface area contributed by atoms with Crippen LogP contribution in [0.25, 0.3) is 0 Å². The van der Waals surface area contributed by atoms with Crippen LogP contribution in [0.5, 0.6) is 0 Å². The van der Waals surface area contributed by atoms with E-state index in [2.05, 4.69) is 21.0 Å². The summed E-state index contributed by atoms with van der Waals surface area (Å²) >= 11 is 3.78. The van der Waals surface area contributed by atoms with Crippen LogP contribution in [0.3, 0.4) is 0 Å². The van der Waals surface area contributed by atoms with E-state index in [1.807, 2.05) is 0 Å². The number of rotatable bonds is 3. The fourth-order valence-electron chi connectivity index (χ4n) is 1.77. The summed E-state index contributed by atoms with van der Waals surface area (Å²) in [5, 5.41) is 4.31. The first-order valence-corrected chi connectivity index (χ1v) is 6.35.